The molecule has 1 amide bonds. The van der Waals surface area contributed by atoms with Crippen LogP contribution in [0, 0.1) is 13.8 Å². The summed E-state index contributed by atoms with van der Waals surface area (Å²) in [6.45, 7) is 4.00. The Hall–Kier alpha value is -2.20. The normalized spacial score (nSPS) is 10.0. The number of hydrogen-bond donors (Lipinski definition) is 2. The Morgan fingerprint density at radius 1 is 1.10 bits per heavy atom. The van der Waals surface area contributed by atoms with Crippen LogP contribution < -0.4 is 10.6 Å². The fraction of sp³-hybridized carbons (Fsp3) is 0.176. The molecule has 2 rings (SSSR count). The van der Waals surface area contributed by atoms with Gasteiger partial charge >= 0.3 is 0 Å². The van der Waals surface area contributed by atoms with E-state index in [0.29, 0.717) is 11.5 Å². The van der Waals surface area contributed by atoms with Crippen LogP contribution >= 0.6 is 12.2 Å². The first-order chi connectivity index (χ1) is 10.0. The predicted molar refractivity (Wildman–Crippen MR) is 90.4 cm³/mol. The molecule has 2 aromatic rings. The fourth-order valence-electron chi connectivity index (χ4n) is 2.04. The Morgan fingerprint density at radius 3 is 2.57 bits per heavy atom. The van der Waals surface area contributed by atoms with Crippen LogP contribution in [0.1, 0.15) is 16.7 Å². The van der Waals surface area contributed by atoms with Crippen molar-refractivity contribution in [3.63, 3.8) is 0 Å². The maximum Gasteiger partial charge on any atom is 0.230 e. The summed E-state index contributed by atoms with van der Waals surface area (Å²) in [7, 11) is 0. The highest BCUT2D eigenvalue weighted by molar-refractivity contribution is 7.80. The minimum Gasteiger partial charge on any atom is -0.332 e. The van der Waals surface area contributed by atoms with E-state index in [0.717, 1.165) is 22.4 Å². The second-order valence-corrected chi connectivity index (χ2v) is 5.38. The minimum absolute atomic E-state index is 0.116. The molecule has 0 aliphatic carbocycles. The molecule has 2 aromatic carbocycles. The van der Waals surface area contributed by atoms with Crippen molar-refractivity contribution in [1.29, 1.82) is 0 Å². The van der Waals surface area contributed by atoms with Crippen molar-refractivity contribution >= 4 is 28.9 Å². The van der Waals surface area contributed by atoms with Crippen molar-refractivity contribution in [3.05, 3.63) is 65.2 Å². The van der Waals surface area contributed by atoms with Crippen LogP contribution in [-0.2, 0) is 11.2 Å². The molecule has 0 spiro atoms. The van der Waals surface area contributed by atoms with E-state index in [1.54, 1.807) is 0 Å². The molecule has 0 saturated heterocycles. The highest BCUT2D eigenvalue weighted by atomic mass is 32.1. The van der Waals surface area contributed by atoms with Crippen molar-refractivity contribution in [3.8, 4) is 0 Å². The van der Waals surface area contributed by atoms with Crippen LogP contribution in [-0.4, -0.2) is 11.0 Å². The van der Waals surface area contributed by atoms with Crippen LogP contribution in [0.15, 0.2) is 48.5 Å². The van der Waals surface area contributed by atoms with Gasteiger partial charge in [0.2, 0.25) is 5.91 Å². The first kappa shape index (κ1) is 15.2. The molecule has 0 aromatic heterocycles. The van der Waals surface area contributed by atoms with E-state index in [4.69, 9.17) is 12.2 Å². The molecular formula is C17H18N2OS. The lowest BCUT2D eigenvalue weighted by Crippen LogP contribution is -2.35. The number of rotatable bonds is 3. The van der Waals surface area contributed by atoms with Crippen molar-refractivity contribution in [1.82, 2.24) is 5.32 Å². The van der Waals surface area contributed by atoms with Gasteiger partial charge < -0.3 is 10.6 Å². The number of nitrogens with one attached hydrogen (secondary N) is 2. The van der Waals surface area contributed by atoms with Crippen LogP contribution in [0.3, 0.4) is 0 Å². The standard InChI is InChI=1S/C17H18N2OS/c1-12-6-5-9-15(10-12)18-17(21)19-16(20)11-14-8-4-3-7-13(14)2/h3-10H,11H2,1-2H3,(H2,18,19,20,21). The molecule has 4 heteroatoms. The van der Waals surface area contributed by atoms with Crippen LogP contribution in [0.2, 0.25) is 0 Å². The molecule has 0 saturated carbocycles. The Labute approximate surface area is 130 Å². The fourth-order valence-corrected chi connectivity index (χ4v) is 2.27. The summed E-state index contributed by atoms with van der Waals surface area (Å²) >= 11 is 5.16. The number of carbonyl (C=O) groups excluding carboxylic acids is 1. The van der Waals surface area contributed by atoms with Crippen LogP contribution in [0.25, 0.3) is 0 Å². The van der Waals surface area contributed by atoms with Gasteiger partial charge in [-0.25, -0.2) is 0 Å². The molecular weight excluding hydrogens is 280 g/mol. The van der Waals surface area contributed by atoms with E-state index in [1.807, 2.05) is 62.4 Å². The molecule has 108 valence electrons. The van der Waals surface area contributed by atoms with E-state index in [-0.39, 0.29) is 5.91 Å². The van der Waals surface area contributed by atoms with Crippen molar-refractivity contribution in [2.45, 2.75) is 20.3 Å². The number of benzene rings is 2. The summed E-state index contributed by atoms with van der Waals surface area (Å²) in [5, 5.41) is 6.04. The molecule has 0 heterocycles. The second-order valence-electron chi connectivity index (χ2n) is 4.98. The SMILES string of the molecule is Cc1cccc(NC(=S)NC(=O)Cc2ccccc2C)c1. The average molecular weight is 298 g/mol. The third-order valence-corrected chi connectivity index (χ3v) is 3.35. The number of anilines is 1. The highest BCUT2D eigenvalue weighted by Gasteiger charge is 2.07. The van der Waals surface area contributed by atoms with Gasteiger partial charge in [-0.2, -0.15) is 0 Å². The van der Waals surface area contributed by atoms with Gasteiger partial charge in [0.1, 0.15) is 0 Å². The number of aryl methyl sites for hydroxylation is 2. The number of thiocarbonyl (C=S) groups is 1. The molecule has 0 atom stereocenters. The quantitative estimate of drug-likeness (QED) is 0.854. The first-order valence-corrected chi connectivity index (χ1v) is 7.17. The third-order valence-electron chi connectivity index (χ3n) is 3.14. The Bertz CT molecular complexity index is 667. The maximum absolute atomic E-state index is 12.0. The van der Waals surface area contributed by atoms with Gasteiger partial charge in [-0.1, -0.05) is 36.4 Å². The molecule has 0 radical (unpaired) electrons. The molecule has 3 nitrogen and oxygen atoms in total. The number of hydrogen-bond acceptors (Lipinski definition) is 2. The summed E-state index contributed by atoms with van der Waals surface area (Å²) in [6.07, 6.45) is 0.322. The monoisotopic (exact) mass is 298 g/mol. The lowest BCUT2D eigenvalue weighted by molar-refractivity contribution is -0.119. The molecule has 0 bridgehead atoms. The van der Waals surface area contributed by atoms with E-state index in [9.17, 15) is 4.79 Å². The zero-order valence-corrected chi connectivity index (χ0v) is 13.0. The van der Waals surface area contributed by atoms with Crippen LogP contribution in [0.5, 0.6) is 0 Å². The van der Waals surface area contributed by atoms with Crippen molar-refractivity contribution in [2.75, 3.05) is 5.32 Å². The molecule has 21 heavy (non-hydrogen) atoms. The van der Waals surface area contributed by atoms with Gasteiger partial charge in [-0.15, -0.1) is 0 Å². The maximum atomic E-state index is 12.0. The number of amides is 1. The van der Waals surface area contributed by atoms with Crippen molar-refractivity contribution < 1.29 is 4.79 Å². The van der Waals surface area contributed by atoms with Gasteiger partial charge in [-0.05, 0) is 54.9 Å². The summed E-state index contributed by atoms with van der Waals surface area (Å²) in [5.41, 5.74) is 4.11. The Kier molecular flexibility index (Phi) is 5.06. The lowest BCUT2D eigenvalue weighted by Gasteiger charge is -2.11. The van der Waals surface area contributed by atoms with E-state index in [2.05, 4.69) is 10.6 Å². The number of carbonyl (C=O) groups is 1. The van der Waals surface area contributed by atoms with Gasteiger partial charge in [0.25, 0.3) is 0 Å². The second kappa shape index (κ2) is 6.99. The van der Waals surface area contributed by atoms with E-state index in [1.165, 1.54) is 0 Å². The Balaban J connectivity index is 1.91. The zero-order valence-electron chi connectivity index (χ0n) is 12.1. The summed E-state index contributed by atoms with van der Waals surface area (Å²) in [6, 6.07) is 15.7. The van der Waals surface area contributed by atoms with Gasteiger partial charge in [0, 0.05) is 5.69 Å². The molecule has 0 aliphatic rings. The molecule has 0 unspecified atom stereocenters. The topological polar surface area (TPSA) is 41.1 Å². The molecule has 2 N–H and O–H groups in total. The smallest absolute Gasteiger partial charge is 0.230 e. The van der Waals surface area contributed by atoms with Gasteiger partial charge in [-0.3, -0.25) is 4.79 Å². The molecule has 0 fully saturated rings. The molecule has 0 aliphatic heterocycles. The summed E-state index contributed by atoms with van der Waals surface area (Å²) in [4.78, 5) is 12.0. The highest BCUT2D eigenvalue weighted by Crippen LogP contribution is 2.10. The third kappa shape index (κ3) is 4.68. The van der Waals surface area contributed by atoms with Crippen LogP contribution in [0.4, 0.5) is 5.69 Å². The average Bonchev–Trinajstić information content (AvgIpc) is 2.41. The van der Waals surface area contributed by atoms with E-state index < -0.39 is 0 Å². The largest absolute Gasteiger partial charge is 0.332 e. The lowest BCUT2D eigenvalue weighted by atomic mass is 10.1. The van der Waals surface area contributed by atoms with Gasteiger partial charge in [0.15, 0.2) is 5.11 Å². The summed E-state index contributed by atoms with van der Waals surface area (Å²) < 4.78 is 0. The minimum atomic E-state index is -0.116. The Morgan fingerprint density at radius 2 is 1.86 bits per heavy atom. The van der Waals surface area contributed by atoms with Gasteiger partial charge in [0.05, 0.1) is 6.42 Å². The predicted octanol–water partition coefficient (Wildman–Crippen LogP) is 3.36. The van der Waals surface area contributed by atoms with Crippen molar-refractivity contribution in [2.24, 2.45) is 0 Å². The van der Waals surface area contributed by atoms with E-state index >= 15 is 0 Å². The zero-order chi connectivity index (χ0) is 15.2. The summed E-state index contributed by atoms with van der Waals surface area (Å²) in [5.74, 6) is -0.116. The first-order valence-electron chi connectivity index (χ1n) is 6.76.